The number of nitrogens with zero attached hydrogens (tertiary/aromatic N) is 1. The maximum atomic E-state index is 5.93. The minimum absolute atomic E-state index is 0.465. The van der Waals surface area contributed by atoms with E-state index in [2.05, 4.69) is 5.16 Å². The molecule has 0 unspecified atom stereocenters. The van der Waals surface area contributed by atoms with Gasteiger partial charge in [0.25, 0.3) is 0 Å². The summed E-state index contributed by atoms with van der Waals surface area (Å²) in [4.78, 5) is 1.12. The molecule has 0 saturated carbocycles. The summed E-state index contributed by atoms with van der Waals surface area (Å²) in [7, 11) is 0. The standard InChI is InChI=1S/C11H14N2O2S/c1-6-8(12)10-11(16-6)9(13-15-10)7-2-4-14-5-3-7/h7H,2-5,12H2,1H3. The van der Waals surface area contributed by atoms with Gasteiger partial charge in [0.1, 0.15) is 10.4 Å². The highest BCUT2D eigenvalue weighted by molar-refractivity contribution is 7.19. The predicted octanol–water partition coefficient (Wildman–Crippen LogP) is 2.67. The molecule has 1 fully saturated rings. The Bertz CT molecular complexity index is 511. The molecule has 0 bridgehead atoms. The van der Waals surface area contributed by atoms with Gasteiger partial charge < -0.3 is 15.0 Å². The zero-order valence-corrected chi connectivity index (χ0v) is 9.97. The Balaban J connectivity index is 2.06. The van der Waals surface area contributed by atoms with Crippen molar-refractivity contribution < 1.29 is 9.26 Å². The molecule has 16 heavy (non-hydrogen) atoms. The van der Waals surface area contributed by atoms with Gasteiger partial charge in [-0.15, -0.1) is 11.3 Å². The molecule has 0 aliphatic carbocycles. The maximum absolute atomic E-state index is 5.93. The first-order valence-electron chi connectivity index (χ1n) is 5.49. The monoisotopic (exact) mass is 238 g/mol. The lowest BCUT2D eigenvalue weighted by Crippen LogP contribution is -2.14. The van der Waals surface area contributed by atoms with Gasteiger partial charge >= 0.3 is 0 Å². The summed E-state index contributed by atoms with van der Waals surface area (Å²) >= 11 is 1.68. The Morgan fingerprint density at radius 2 is 2.12 bits per heavy atom. The molecule has 5 heteroatoms. The van der Waals surface area contributed by atoms with Gasteiger partial charge in [0.15, 0.2) is 0 Å². The summed E-state index contributed by atoms with van der Waals surface area (Å²) in [5.74, 6) is 0.465. The third-order valence-electron chi connectivity index (χ3n) is 3.16. The summed E-state index contributed by atoms with van der Waals surface area (Å²) < 4.78 is 11.8. The van der Waals surface area contributed by atoms with Crippen LogP contribution in [-0.4, -0.2) is 18.4 Å². The van der Waals surface area contributed by atoms with E-state index in [-0.39, 0.29) is 0 Å². The fourth-order valence-corrected chi connectivity index (χ4v) is 3.22. The van der Waals surface area contributed by atoms with Crippen LogP contribution in [0.15, 0.2) is 4.52 Å². The molecule has 0 atom stereocenters. The quantitative estimate of drug-likeness (QED) is 0.829. The topological polar surface area (TPSA) is 61.3 Å². The zero-order valence-electron chi connectivity index (χ0n) is 9.16. The first-order valence-corrected chi connectivity index (χ1v) is 6.31. The number of hydrogen-bond acceptors (Lipinski definition) is 5. The highest BCUT2D eigenvalue weighted by Crippen LogP contribution is 2.40. The van der Waals surface area contributed by atoms with Crippen LogP contribution < -0.4 is 5.73 Å². The summed E-state index contributed by atoms with van der Waals surface area (Å²) in [6, 6.07) is 0. The average Bonchev–Trinajstić information content (AvgIpc) is 2.83. The Kier molecular flexibility index (Phi) is 2.37. The fourth-order valence-electron chi connectivity index (χ4n) is 2.16. The minimum atomic E-state index is 0.465. The number of fused-ring (bicyclic) bond motifs is 1. The number of aromatic nitrogens is 1. The van der Waals surface area contributed by atoms with E-state index in [1.807, 2.05) is 6.92 Å². The van der Waals surface area contributed by atoms with Gasteiger partial charge in [0.2, 0.25) is 5.58 Å². The van der Waals surface area contributed by atoms with Gasteiger partial charge in [-0.05, 0) is 19.8 Å². The van der Waals surface area contributed by atoms with Crippen molar-refractivity contribution >= 4 is 27.3 Å². The summed E-state index contributed by atoms with van der Waals surface area (Å²) in [6.07, 6.45) is 2.05. The molecule has 1 aliphatic rings. The molecule has 0 radical (unpaired) electrons. The van der Waals surface area contributed by atoms with Crippen LogP contribution in [-0.2, 0) is 4.74 Å². The van der Waals surface area contributed by atoms with E-state index in [0.29, 0.717) is 5.92 Å². The van der Waals surface area contributed by atoms with Crippen molar-refractivity contribution in [2.75, 3.05) is 18.9 Å². The normalized spacial score (nSPS) is 18.3. The van der Waals surface area contributed by atoms with E-state index in [1.54, 1.807) is 11.3 Å². The van der Waals surface area contributed by atoms with E-state index in [1.165, 1.54) is 0 Å². The van der Waals surface area contributed by atoms with E-state index >= 15 is 0 Å². The number of anilines is 1. The number of aryl methyl sites for hydroxylation is 1. The molecule has 0 amide bonds. The number of nitrogens with two attached hydrogens (primary N) is 1. The lowest BCUT2D eigenvalue weighted by molar-refractivity contribution is 0.0841. The molecule has 0 spiro atoms. The summed E-state index contributed by atoms with van der Waals surface area (Å²) in [6.45, 7) is 3.65. The van der Waals surface area contributed by atoms with Crippen molar-refractivity contribution in [3.63, 3.8) is 0 Å². The smallest absolute Gasteiger partial charge is 0.201 e. The number of ether oxygens (including phenoxy) is 1. The van der Waals surface area contributed by atoms with E-state index < -0.39 is 0 Å². The molecule has 3 heterocycles. The summed E-state index contributed by atoms with van der Waals surface area (Å²) in [5, 5.41) is 4.18. The number of thiophene rings is 1. The Morgan fingerprint density at radius 3 is 2.88 bits per heavy atom. The second-order valence-corrected chi connectivity index (χ2v) is 5.41. The SMILES string of the molecule is Cc1sc2c(C3CCOCC3)noc2c1N. The maximum Gasteiger partial charge on any atom is 0.201 e. The van der Waals surface area contributed by atoms with E-state index in [4.69, 9.17) is 15.0 Å². The minimum Gasteiger partial charge on any atom is -0.395 e. The number of hydrogen-bond donors (Lipinski definition) is 1. The zero-order chi connectivity index (χ0) is 11.1. The largest absolute Gasteiger partial charge is 0.395 e. The third kappa shape index (κ3) is 1.43. The van der Waals surface area contributed by atoms with Crippen LogP contribution in [0.3, 0.4) is 0 Å². The Morgan fingerprint density at radius 1 is 1.38 bits per heavy atom. The van der Waals surface area contributed by atoms with Crippen LogP contribution >= 0.6 is 11.3 Å². The third-order valence-corrected chi connectivity index (χ3v) is 4.29. The van der Waals surface area contributed by atoms with Gasteiger partial charge in [-0.25, -0.2) is 0 Å². The van der Waals surface area contributed by atoms with Crippen LogP contribution in [0.2, 0.25) is 0 Å². The van der Waals surface area contributed by atoms with Crippen LogP contribution in [0.1, 0.15) is 29.3 Å². The van der Waals surface area contributed by atoms with Gasteiger partial charge in [-0.2, -0.15) is 0 Å². The van der Waals surface area contributed by atoms with Crippen LogP contribution in [0.25, 0.3) is 10.3 Å². The van der Waals surface area contributed by atoms with E-state index in [9.17, 15) is 0 Å². The first kappa shape index (κ1) is 10.1. The molecule has 1 aliphatic heterocycles. The lowest BCUT2D eigenvalue weighted by atomic mass is 9.96. The van der Waals surface area contributed by atoms with Crippen LogP contribution in [0.5, 0.6) is 0 Å². The number of rotatable bonds is 1. The average molecular weight is 238 g/mol. The van der Waals surface area contributed by atoms with E-state index in [0.717, 1.165) is 52.6 Å². The summed E-state index contributed by atoms with van der Waals surface area (Å²) in [5.41, 5.74) is 8.51. The van der Waals surface area contributed by atoms with Gasteiger partial charge in [0, 0.05) is 24.0 Å². The molecular weight excluding hydrogens is 224 g/mol. The molecular formula is C11H14N2O2S. The van der Waals surface area contributed by atoms with Crippen molar-refractivity contribution in [3.8, 4) is 0 Å². The Hall–Kier alpha value is -1.07. The molecule has 0 aromatic carbocycles. The van der Waals surface area contributed by atoms with Gasteiger partial charge in [-0.1, -0.05) is 5.16 Å². The van der Waals surface area contributed by atoms with Gasteiger partial charge in [0.05, 0.1) is 5.69 Å². The molecule has 1 saturated heterocycles. The molecule has 4 nitrogen and oxygen atoms in total. The van der Waals surface area contributed by atoms with Crippen molar-refractivity contribution in [3.05, 3.63) is 10.6 Å². The van der Waals surface area contributed by atoms with Crippen molar-refractivity contribution in [2.24, 2.45) is 0 Å². The van der Waals surface area contributed by atoms with Crippen molar-refractivity contribution in [1.29, 1.82) is 0 Å². The van der Waals surface area contributed by atoms with Crippen LogP contribution in [0.4, 0.5) is 5.69 Å². The fraction of sp³-hybridized carbons (Fsp3) is 0.545. The van der Waals surface area contributed by atoms with Crippen molar-refractivity contribution in [2.45, 2.75) is 25.7 Å². The molecule has 2 aromatic heterocycles. The van der Waals surface area contributed by atoms with Gasteiger partial charge in [-0.3, -0.25) is 0 Å². The number of nitrogen functional groups attached to an aromatic ring is 1. The highest BCUT2D eigenvalue weighted by Gasteiger charge is 2.24. The second kappa shape index (κ2) is 3.75. The lowest BCUT2D eigenvalue weighted by Gasteiger charge is -2.19. The second-order valence-electron chi connectivity index (χ2n) is 4.18. The predicted molar refractivity (Wildman–Crippen MR) is 63.8 cm³/mol. The Labute approximate surface area is 97.4 Å². The highest BCUT2D eigenvalue weighted by atomic mass is 32.1. The first-order chi connectivity index (χ1) is 7.77. The molecule has 3 rings (SSSR count). The molecule has 86 valence electrons. The van der Waals surface area contributed by atoms with Crippen molar-refractivity contribution in [1.82, 2.24) is 5.16 Å². The van der Waals surface area contributed by atoms with Crippen LogP contribution in [0, 0.1) is 6.92 Å². The molecule has 2 N–H and O–H groups in total. The molecule has 2 aromatic rings.